The SMILES string of the molecule is CCCc1nnc(-c2ccc(OC)c(N)c2)o1. The zero-order chi connectivity index (χ0) is 12.3. The van der Waals surface area contributed by atoms with Crippen LogP contribution in [0, 0.1) is 0 Å². The molecule has 1 aromatic heterocycles. The van der Waals surface area contributed by atoms with Crippen molar-refractivity contribution in [2.45, 2.75) is 19.8 Å². The molecule has 0 saturated heterocycles. The van der Waals surface area contributed by atoms with Crippen molar-refractivity contribution < 1.29 is 9.15 Å². The second kappa shape index (κ2) is 4.86. The number of anilines is 1. The van der Waals surface area contributed by atoms with E-state index in [-0.39, 0.29) is 0 Å². The number of nitrogens with zero attached hydrogens (tertiary/aromatic N) is 2. The van der Waals surface area contributed by atoms with Crippen LogP contribution in [-0.4, -0.2) is 17.3 Å². The first-order valence-electron chi connectivity index (χ1n) is 5.51. The van der Waals surface area contributed by atoms with Crippen LogP contribution in [0.4, 0.5) is 5.69 Å². The van der Waals surface area contributed by atoms with E-state index in [1.165, 1.54) is 0 Å². The van der Waals surface area contributed by atoms with Gasteiger partial charge >= 0.3 is 0 Å². The summed E-state index contributed by atoms with van der Waals surface area (Å²) in [4.78, 5) is 0. The number of hydrogen-bond donors (Lipinski definition) is 1. The molecule has 0 spiro atoms. The van der Waals surface area contributed by atoms with Crippen LogP contribution < -0.4 is 10.5 Å². The Hall–Kier alpha value is -2.04. The van der Waals surface area contributed by atoms with Gasteiger partial charge in [0.1, 0.15) is 5.75 Å². The number of rotatable bonds is 4. The van der Waals surface area contributed by atoms with Crippen LogP contribution in [0.25, 0.3) is 11.5 Å². The Bertz CT molecular complexity index is 508. The molecule has 0 fully saturated rings. The molecule has 0 saturated carbocycles. The van der Waals surface area contributed by atoms with Crippen LogP contribution in [0.1, 0.15) is 19.2 Å². The first-order valence-corrected chi connectivity index (χ1v) is 5.51. The molecule has 5 nitrogen and oxygen atoms in total. The molecular formula is C12H15N3O2. The Morgan fingerprint density at radius 2 is 2.18 bits per heavy atom. The molecule has 0 unspecified atom stereocenters. The minimum atomic E-state index is 0.489. The molecule has 0 amide bonds. The lowest BCUT2D eigenvalue weighted by atomic mass is 10.2. The minimum Gasteiger partial charge on any atom is -0.495 e. The van der Waals surface area contributed by atoms with Gasteiger partial charge in [0.15, 0.2) is 0 Å². The van der Waals surface area contributed by atoms with Crippen LogP contribution in [0.15, 0.2) is 22.6 Å². The van der Waals surface area contributed by atoms with Crippen molar-refractivity contribution >= 4 is 5.69 Å². The first-order chi connectivity index (χ1) is 8.24. The number of aromatic nitrogens is 2. The summed E-state index contributed by atoms with van der Waals surface area (Å²) in [6.07, 6.45) is 1.77. The third-order valence-corrected chi connectivity index (χ3v) is 2.41. The zero-order valence-corrected chi connectivity index (χ0v) is 9.93. The van der Waals surface area contributed by atoms with Crippen molar-refractivity contribution in [3.05, 3.63) is 24.1 Å². The van der Waals surface area contributed by atoms with E-state index >= 15 is 0 Å². The van der Waals surface area contributed by atoms with Gasteiger partial charge < -0.3 is 14.9 Å². The summed E-state index contributed by atoms with van der Waals surface area (Å²) in [5.41, 5.74) is 7.18. The molecule has 17 heavy (non-hydrogen) atoms. The normalized spacial score (nSPS) is 10.5. The molecule has 2 rings (SSSR count). The van der Waals surface area contributed by atoms with Crippen LogP contribution in [-0.2, 0) is 6.42 Å². The van der Waals surface area contributed by atoms with Crippen molar-refractivity contribution in [1.82, 2.24) is 10.2 Å². The van der Waals surface area contributed by atoms with Gasteiger partial charge in [-0.25, -0.2) is 0 Å². The Balaban J connectivity index is 2.29. The number of aryl methyl sites for hydroxylation is 1. The van der Waals surface area contributed by atoms with E-state index in [4.69, 9.17) is 14.9 Å². The average Bonchev–Trinajstić information content (AvgIpc) is 2.78. The summed E-state index contributed by atoms with van der Waals surface area (Å²) in [6.45, 7) is 2.06. The number of methoxy groups -OCH3 is 1. The largest absolute Gasteiger partial charge is 0.495 e. The third-order valence-electron chi connectivity index (χ3n) is 2.41. The maximum atomic E-state index is 5.82. The predicted octanol–water partition coefficient (Wildman–Crippen LogP) is 2.28. The lowest BCUT2D eigenvalue weighted by Crippen LogP contribution is -1.92. The van der Waals surface area contributed by atoms with Gasteiger partial charge in [0, 0.05) is 12.0 Å². The van der Waals surface area contributed by atoms with Crippen LogP contribution in [0.3, 0.4) is 0 Å². The van der Waals surface area contributed by atoms with Crippen molar-refractivity contribution in [1.29, 1.82) is 0 Å². The average molecular weight is 233 g/mol. The number of hydrogen-bond acceptors (Lipinski definition) is 5. The van der Waals surface area contributed by atoms with Crippen molar-refractivity contribution in [3.63, 3.8) is 0 Å². The molecule has 0 aliphatic rings. The van der Waals surface area contributed by atoms with E-state index in [1.807, 2.05) is 6.07 Å². The fourth-order valence-corrected chi connectivity index (χ4v) is 1.55. The summed E-state index contributed by atoms with van der Waals surface area (Å²) in [7, 11) is 1.58. The lowest BCUT2D eigenvalue weighted by molar-refractivity contribution is 0.417. The molecule has 5 heteroatoms. The summed E-state index contributed by atoms with van der Waals surface area (Å²) < 4.78 is 10.6. The molecule has 1 heterocycles. The van der Waals surface area contributed by atoms with Crippen molar-refractivity contribution in [2.75, 3.05) is 12.8 Å². The van der Waals surface area contributed by atoms with Gasteiger partial charge in [-0.05, 0) is 24.6 Å². The molecule has 0 atom stereocenters. The molecule has 1 aromatic carbocycles. The van der Waals surface area contributed by atoms with Crippen LogP contribution in [0.5, 0.6) is 5.75 Å². The quantitative estimate of drug-likeness (QED) is 0.820. The van der Waals surface area contributed by atoms with E-state index in [2.05, 4.69) is 17.1 Å². The van der Waals surface area contributed by atoms with Gasteiger partial charge in [0.25, 0.3) is 0 Å². The molecule has 0 radical (unpaired) electrons. The number of nitrogen functional groups attached to an aromatic ring is 1. The highest BCUT2D eigenvalue weighted by molar-refractivity contribution is 5.65. The van der Waals surface area contributed by atoms with E-state index < -0.39 is 0 Å². The maximum Gasteiger partial charge on any atom is 0.247 e. The highest BCUT2D eigenvalue weighted by atomic mass is 16.5. The Morgan fingerprint density at radius 3 is 2.82 bits per heavy atom. The zero-order valence-electron chi connectivity index (χ0n) is 9.93. The highest BCUT2D eigenvalue weighted by Gasteiger charge is 2.09. The number of nitrogens with two attached hydrogens (primary N) is 1. The summed E-state index contributed by atoms with van der Waals surface area (Å²) >= 11 is 0. The van der Waals surface area contributed by atoms with Gasteiger partial charge in [-0.1, -0.05) is 6.92 Å². The second-order valence-electron chi connectivity index (χ2n) is 3.71. The summed E-state index contributed by atoms with van der Waals surface area (Å²) in [6, 6.07) is 5.40. The minimum absolute atomic E-state index is 0.489. The van der Waals surface area contributed by atoms with Gasteiger partial charge in [-0.2, -0.15) is 0 Å². The van der Waals surface area contributed by atoms with E-state index in [1.54, 1.807) is 19.2 Å². The van der Waals surface area contributed by atoms with Gasteiger partial charge in [0.2, 0.25) is 11.8 Å². The number of benzene rings is 1. The predicted molar refractivity (Wildman–Crippen MR) is 64.7 cm³/mol. The Morgan fingerprint density at radius 1 is 1.35 bits per heavy atom. The summed E-state index contributed by atoms with van der Waals surface area (Å²) in [5.74, 6) is 1.78. The fourth-order valence-electron chi connectivity index (χ4n) is 1.55. The smallest absolute Gasteiger partial charge is 0.247 e. The monoisotopic (exact) mass is 233 g/mol. The second-order valence-corrected chi connectivity index (χ2v) is 3.71. The molecule has 90 valence electrons. The van der Waals surface area contributed by atoms with Gasteiger partial charge in [0.05, 0.1) is 12.8 Å². The van der Waals surface area contributed by atoms with Gasteiger partial charge in [-0.15, -0.1) is 10.2 Å². The lowest BCUT2D eigenvalue weighted by Gasteiger charge is -2.04. The molecule has 0 aliphatic carbocycles. The van der Waals surface area contributed by atoms with Crippen molar-refractivity contribution in [2.24, 2.45) is 0 Å². The number of ether oxygens (including phenoxy) is 1. The first kappa shape index (κ1) is 11.4. The molecule has 0 aliphatic heterocycles. The summed E-state index contributed by atoms with van der Waals surface area (Å²) in [5, 5.41) is 7.95. The topological polar surface area (TPSA) is 74.2 Å². The third kappa shape index (κ3) is 2.38. The fraction of sp³-hybridized carbons (Fsp3) is 0.333. The Labute approximate surface area is 99.6 Å². The standard InChI is InChI=1S/C12H15N3O2/c1-3-4-11-14-15-12(17-11)8-5-6-10(16-2)9(13)7-8/h5-7H,3-4,13H2,1-2H3. The maximum absolute atomic E-state index is 5.82. The van der Waals surface area contributed by atoms with Crippen LogP contribution >= 0.6 is 0 Å². The molecular weight excluding hydrogens is 218 g/mol. The van der Waals surface area contributed by atoms with E-state index in [0.717, 1.165) is 18.4 Å². The van der Waals surface area contributed by atoms with E-state index in [0.29, 0.717) is 23.2 Å². The molecule has 0 bridgehead atoms. The van der Waals surface area contributed by atoms with E-state index in [9.17, 15) is 0 Å². The Kier molecular flexibility index (Phi) is 3.27. The van der Waals surface area contributed by atoms with Crippen LogP contribution in [0.2, 0.25) is 0 Å². The van der Waals surface area contributed by atoms with Crippen molar-refractivity contribution in [3.8, 4) is 17.2 Å². The van der Waals surface area contributed by atoms with Gasteiger partial charge in [-0.3, -0.25) is 0 Å². The highest BCUT2D eigenvalue weighted by Crippen LogP contribution is 2.27. The molecule has 2 aromatic rings. The molecule has 2 N–H and O–H groups in total.